The van der Waals surface area contributed by atoms with E-state index in [-0.39, 0.29) is 6.10 Å². The summed E-state index contributed by atoms with van der Waals surface area (Å²) in [5.41, 5.74) is 0.207. The van der Waals surface area contributed by atoms with Crippen LogP contribution in [0.3, 0.4) is 0 Å². The lowest BCUT2D eigenvalue weighted by atomic mass is 9.79. The third kappa shape index (κ3) is 2.75. The molecular formula is C14H24N2O2. The number of rotatable bonds is 4. The minimum atomic E-state index is -0.747. The average molecular weight is 252 g/mol. The lowest BCUT2D eigenvalue weighted by Crippen LogP contribution is -2.47. The van der Waals surface area contributed by atoms with Gasteiger partial charge in [-0.1, -0.05) is 12.8 Å². The first kappa shape index (κ1) is 13.6. The largest absolute Gasteiger partial charge is 0.387 e. The van der Waals surface area contributed by atoms with Crippen molar-refractivity contribution in [2.75, 3.05) is 7.11 Å². The van der Waals surface area contributed by atoms with Gasteiger partial charge in [0.05, 0.1) is 17.4 Å². The topological polar surface area (TPSA) is 47.3 Å². The van der Waals surface area contributed by atoms with Crippen LogP contribution in [0.4, 0.5) is 0 Å². The summed E-state index contributed by atoms with van der Waals surface area (Å²) in [6, 6.07) is 2.36. The van der Waals surface area contributed by atoms with Crippen LogP contribution >= 0.6 is 0 Å². The zero-order chi connectivity index (χ0) is 13.2. The van der Waals surface area contributed by atoms with Crippen molar-refractivity contribution >= 4 is 0 Å². The number of hydrogen-bond acceptors (Lipinski definition) is 3. The molecule has 1 aliphatic carbocycles. The molecule has 1 fully saturated rings. The van der Waals surface area contributed by atoms with Crippen LogP contribution in [0.2, 0.25) is 0 Å². The number of ether oxygens (including phenoxy) is 1. The van der Waals surface area contributed by atoms with Crippen LogP contribution in [0.1, 0.15) is 51.3 Å². The van der Waals surface area contributed by atoms with E-state index in [4.69, 9.17) is 4.74 Å². The van der Waals surface area contributed by atoms with Crippen LogP contribution in [-0.2, 0) is 11.2 Å². The van der Waals surface area contributed by atoms with Gasteiger partial charge in [0.25, 0.3) is 0 Å². The normalized spacial score (nSPS) is 28.8. The van der Waals surface area contributed by atoms with Gasteiger partial charge >= 0.3 is 0 Å². The highest BCUT2D eigenvalue weighted by Crippen LogP contribution is 2.33. The highest BCUT2D eigenvalue weighted by Gasteiger charge is 2.39. The number of methoxy groups -OCH3 is 1. The highest BCUT2D eigenvalue weighted by molar-refractivity contribution is 5.07. The Bertz CT molecular complexity index is 389. The Morgan fingerprint density at radius 3 is 2.94 bits per heavy atom. The molecular weight excluding hydrogens is 228 g/mol. The van der Waals surface area contributed by atoms with Crippen molar-refractivity contribution < 1.29 is 9.84 Å². The van der Waals surface area contributed by atoms with Gasteiger partial charge in [0.1, 0.15) is 0 Å². The molecule has 2 unspecified atom stereocenters. The maximum absolute atomic E-state index is 10.8. The molecule has 2 rings (SSSR count). The summed E-state index contributed by atoms with van der Waals surface area (Å²) >= 11 is 0. The van der Waals surface area contributed by atoms with Gasteiger partial charge in [-0.2, -0.15) is 5.10 Å². The molecule has 102 valence electrons. The predicted molar refractivity (Wildman–Crippen MR) is 70.5 cm³/mol. The first-order valence-corrected chi connectivity index (χ1v) is 6.84. The van der Waals surface area contributed by atoms with E-state index >= 15 is 0 Å². The van der Waals surface area contributed by atoms with Crippen molar-refractivity contribution in [2.45, 2.75) is 63.7 Å². The number of hydrogen-bond donors (Lipinski definition) is 1. The minimum absolute atomic E-state index is 0.0598. The highest BCUT2D eigenvalue weighted by atomic mass is 16.5. The lowest BCUT2D eigenvalue weighted by molar-refractivity contribution is -0.116. The maximum Gasteiger partial charge on any atom is 0.0963 e. The number of aromatic nitrogens is 2. The standard InChI is InChI=1S/C14H24N2O2/c1-11(2)16-9-7-12(15-16)10-14(17)8-5-4-6-13(14)18-3/h7,9,11,13,17H,4-6,8,10H2,1-3H3. The molecule has 1 aromatic rings. The summed E-state index contributed by atoms with van der Waals surface area (Å²) < 4.78 is 7.38. The first-order chi connectivity index (χ1) is 8.55. The zero-order valence-electron chi connectivity index (χ0n) is 11.6. The summed E-state index contributed by atoms with van der Waals surface area (Å²) in [5.74, 6) is 0. The SMILES string of the molecule is COC1CCCCC1(O)Cc1ccn(C(C)C)n1. The van der Waals surface area contributed by atoms with Gasteiger partial charge in [0.2, 0.25) is 0 Å². The fraction of sp³-hybridized carbons (Fsp3) is 0.786. The molecule has 0 amide bonds. The molecule has 0 aromatic carbocycles. The number of nitrogens with zero attached hydrogens (tertiary/aromatic N) is 2. The Morgan fingerprint density at radius 1 is 1.56 bits per heavy atom. The molecule has 0 bridgehead atoms. The summed E-state index contributed by atoms with van der Waals surface area (Å²) in [6.45, 7) is 4.20. The monoisotopic (exact) mass is 252 g/mol. The molecule has 0 radical (unpaired) electrons. The van der Waals surface area contributed by atoms with Gasteiger partial charge in [0, 0.05) is 25.8 Å². The Morgan fingerprint density at radius 2 is 2.33 bits per heavy atom. The molecule has 1 aromatic heterocycles. The second-order valence-electron chi connectivity index (χ2n) is 5.63. The quantitative estimate of drug-likeness (QED) is 0.894. The van der Waals surface area contributed by atoms with Gasteiger partial charge in [-0.25, -0.2) is 0 Å². The molecule has 1 saturated carbocycles. The fourth-order valence-electron chi connectivity index (χ4n) is 2.80. The van der Waals surface area contributed by atoms with Crippen LogP contribution in [-0.4, -0.2) is 33.7 Å². The van der Waals surface area contributed by atoms with E-state index in [9.17, 15) is 5.11 Å². The van der Waals surface area contributed by atoms with Crippen molar-refractivity contribution in [1.82, 2.24) is 9.78 Å². The second-order valence-corrected chi connectivity index (χ2v) is 5.63. The van der Waals surface area contributed by atoms with Crippen molar-refractivity contribution in [3.8, 4) is 0 Å². The maximum atomic E-state index is 10.8. The third-order valence-electron chi connectivity index (χ3n) is 3.89. The van der Waals surface area contributed by atoms with Gasteiger partial charge < -0.3 is 9.84 Å². The summed E-state index contributed by atoms with van der Waals surface area (Å²) in [6.07, 6.45) is 6.47. The Hall–Kier alpha value is -0.870. The Balaban J connectivity index is 2.10. The second kappa shape index (κ2) is 5.41. The van der Waals surface area contributed by atoms with Crippen molar-refractivity contribution in [2.24, 2.45) is 0 Å². The fourth-order valence-corrected chi connectivity index (χ4v) is 2.80. The van der Waals surface area contributed by atoms with Crippen LogP contribution in [0, 0.1) is 0 Å². The van der Waals surface area contributed by atoms with Gasteiger partial charge in [0.15, 0.2) is 0 Å². The Labute approximate surface area is 109 Å². The molecule has 2 atom stereocenters. The molecule has 0 saturated heterocycles. The van der Waals surface area contributed by atoms with Gasteiger partial charge in [-0.15, -0.1) is 0 Å². The number of aliphatic hydroxyl groups is 1. The molecule has 1 N–H and O–H groups in total. The van der Waals surface area contributed by atoms with E-state index in [1.54, 1.807) is 7.11 Å². The van der Waals surface area contributed by atoms with Crippen LogP contribution in [0.25, 0.3) is 0 Å². The van der Waals surface area contributed by atoms with Crippen LogP contribution < -0.4 is 0 Å². The van der Waals surface area contributed by atoms with E-state index in [0.717, 1.165) is 31.4 Å². The smallest absolute Gasteiger partial charge is 0.0963 e. The van der Waals surface area contributed by atoms with Crippen molar-refractivity contribution in [1.29, 1.82) is 0 Å². The van der Waals surface area contributed by atoms with E-state index in [2.05, 4.69) is 18.9 Å². The lowest BCUT2D eigenvalue weighted by Gasteiger charge is -2.38. The van der Waals surface area contributed by atoms with Crippen LogP contribution in [0.5, 0.6) is 0 Å². The first-order valence-electron chi connectivity index (χ1n) is 6.84. The van der Waals surface area contributed by atoms with E-state index in [1.807, 2.05) is 16.9 Å². The molecule has 4 heteroatoms. The molecule has 18 heavy (non-hydrogen) atoms. The molecule has 1 heterocycles. The van der Waals surface area contributed by atoms with E-state index in [0.29, 0.717) is 12.5 Å². The van der Waals surface area contributed by atoms with E-state index < -0.39 is 5.60 Å². The van der Waals surface area contributed by atoms with Gasteiger partial charge in [-0.05, 0) is 32.8 Å². The molecule has 1 aliphatic rings. The predicted octanol–water partition coefficient (Wildman–Crippen LogP) is 2.33. The van der Waals surface area contributed by atoms with Crippen molar-refractivity contribution in [3.05, 3.63) is 18.0 Å². The molecule has 4 nitrogen and oxygen atoms in total. The summed E-state index contributed by atoms with van der Waals surface area (Å²) in [7, 11) is 1.69. The third-order valence-corrected chi connectivity index (χ3v) is 3.89. The molecule has 0 spiro atoms. The summed E-state index contributed by atoms with van der Waals surface area (Å²) in [4.78, 5) is 0. The average Bonchev–Trinajstić information content (AvgIpc) is 2.77. The minimum Gasteiger partial charge on any atom is -0.387 e. The van der Waals surface area contributed by atoms with Gasteiger partial charge in [-0.3, -0.25) is 4.68 Å². The van der Waals surface area contributed by atoms with E-state index in [1.165, 1.54) is 0 Å². The molecule has 0 aliphatic heterocycles. The zero-order valence-corrected chi connectivity index (χ0v) is 11.6. The summed E-state index contributed by atoms with van der Waals surface area (Å²) in [5, 5.41) is 15.3. The van der Waals surface area contributed by atoms with Crippen LogP contribution in [0.15, 0.2) is 12.3 Å². The Kier molecular flexibility index (Phi) is 4.07. The van der Waals surface area contributed by atoms with Crippen molar-refractivity contribution in [3.63, 3.8) is 0 Å².